The van der Waals surface area contributed by atoms with Crippen molar-refractivity contribution in [2.45, 2.75) is 44.8 Å². The molecular formula is C11H18N4O2. The topological polar surface area (TPSA) is 79.9 Å². The van der Waals surface area contributed by atoms with Gasteiger partial charge in [-0.3, -0.25) is 9.89 Å². The second kappa shape index (κ2) is 5.77. The Bertz CT molecular complexity index is 346. The zero-order chi connectivity index (χ0) is 12.1. The second-order valence-electron chi connectivity index (χ2n) is 4.33. The number of aromatic amines is 1. The van der Waals surface area contributed by atoms with E-state index in [2.05, 4.69) is 20.5 Å². The van der Waals surface area contributed by atoms with Crippen LogP contribution in [-0.2, 0) is 9.53 Å². The minimum absolute atomic E-state index is 0.0319. The molecule has 2 unspecified atom stereocenters. The van der Waals surface area contributed by atoms with Gasteiger partial charge in [0.25, 0.3) is 0 Å². The van der Waals surface area contributed by atoms with Crippen molar-refractivity contribution in [2.75, 3.05) is 6.61 Å². The maximum absolute atomic E-state index is 11.7. The van der Waals surface area contributed by atoms with Crippen LogP contribution >= 0.6 is 0 Å². The van der Waals surface area contributed by atoms with Crippen molar-refractivity contribution >= 4 is 5.91 Å². The summed E-state index contributed by atoms with van der Waals surface area (Å²) in [6.07, 6.45) is 5.19. The highest BCUT2D eigenvalue weighted by Crippen LogP contribution is 2.17. The number of nitrogens with zero attached hydrogens (tertiary/aromatic N) is 2. The summed E-state index contributed by atoms with van der Waals surface area (Å²) in [5, 5.41) is 9.37. The molecule has 0 aliphatic carbocycles. The largest absolute Gasteiger partial charge is 0.378 e. The standard InChI is InChI=1S/C11H18N4O2/c1-8(11-12-7-13-15-11)14-10(16)5-4-9-3-2-6-17-9/h7-9H,2-6H2,1H3,(H,14,16)(H,12,13,15). The molecule has 94 valence electrons. The van der Waals surface area contributed by atoms with Crippen LogP contribution in [0, 0.1) is 0 Å². The molecular weight excluding hydrogens is 220 g/mol. The van der Waals surface area contributed by atoms with E-state index < -0.39 is 0 Å². The molecule has 2 heterocycles. The van der Waals surface area contributed by atoms with Crippen LogP contribution in [0.4, 0.5) is 0 Å². The van der Waals surface area contributed by atoms with E-state index in [1.807, 2.05) is 6.92 Å². The molecule has 1 aromatic heterocycles. The lowest BCUT2D eigenvalue weighted by molar-refractivity contribution is -0.122. The van der Waals surface area contributed by atoms with Gasteiger partial charge in [-0.1, -0.05) is 0 Å². The Balaban J connectivity index is 1.69. The second-order valence-corrected chi connectivity index (χ2v) is 4.33. The fourth-order valence-electron chi connectivity index (χ4n) is 1.97. The molecule has 6 heteroatoms. The number of hydrogen-bond donors (Lipinski definition) is 2. The third kappa shape index (κ3) is 3.52. The van der Waals surface area contributed by atoms with Crippen LogP contribution in [0.25, 0.3) is 0 Å². The van der Waals surface area contributed by atoms with E-state index in [1.54, 1.807) is 0 Å². The van der Waals surface area contributed by atoms with Gasteiger partial charge in [0.05, 0.1) is 12.1 Å². The SMILES string of the molecule is CC(NC(=O)CCC1CCCO1)c1ncn[nH]1. The Morgan fingerprint density at radius 3 is 3.29 bits per heavy atom. The van der Waals surface area contributed by atoms with Crippen LogP contribution < -0.4 is 5.32 Å². The lowest BCUT2D eigenvalue weighted by Crippen LogP contribution is -2.28. The van der Waals surface area contributed by atoms with E-state index in [9.17, 15) is 4.79 Å². The molecule has 0 bridgehead atoms. The number of carbonyl (C=O) groups excluding carboxylic acids is 1. The fraction of sp³-hybridized carbons (Fsp3) is 0.727. The quantitative estimate of drug-likeness (QED) is 0.800. The number of rotatable bonds is 5. The predicted molar refractivity (Wildman–Crippen MR) is 61.1 cm³/mol. The van der Waals surface area contributed by atoms with Gasteiger partial charge < -0.3 is 10.1 Å². The first-order chi connectivity index (χ1) is 8.25. The van der Waals surface area contributed by atoms with Gasteiger partial charge in [-0.25, -0.2) is 4.98 Å². The van der Waals surface area contributed by atoms with Crippen molar-refractivity contribution in [3.05, 3.63) is 12.2 Å². The Kier molecular flexibility index (Phi) is 4.08. The Labute approximate surface area is 100 Å². The summed E-state index contributed by atoms with van der Waals surface area (Å²) in [5.41, 5.74) is 0. The summed E-state index contributed by atoms with van der Waals surface area (Å²) in [7, 11) is 0. The highest BCUT2D eigenvalue weighted by atomic mass is 16.5. The molecule has 1 saturated heterocycles. The number of carbonyl (C=O) groups is 1. The summed E-state index contributed by atoms with van der Waals surface area (Å²) in [4.78, 5) is 15.7. The average molecular weight is 238 g/mol. The molecule has 0 saturated carbocycles. The van der Waals surface area contributed by atoms with Gasteiger partial charge in [-0.2, -0.15) is 5.10 Å². The highest BCUT2D eigenvalue weighted by molar-refractivity contribution is 5.76. The highest BCUT2D eigenvalue weighted by Gasteiger charge is 2.18. The Hall–Kier alpha value is -1.43. The zero-order valence-electron chi connectivity index (χ0n) is 9.98. The Morgan fingerprint density at radius 2 is 2.65 bits per heavy atom. The first kappa shape index (κ1) is 12.0. The average Bonchev–Trinajstić information content (AvgIpc) is 2.99. The van der Waals surface area contributed by atoms with E-state index in [0.717, 1.165) is 25.9 Å². The molecule has 1 aromatic rings. The van der Waals surface area contributed by atoms with Crippen LogP contribution in [-0.4, -0.2) is 33.8 Å². The lowest BCUT2D eigenvalue weighted by atomic mass is 10.1. The molecule has 1 aliphatic rings. The minimum atomic E-state index is -0.130. The van der Waals surface area contributed by atoms with Crippen LogP contribution in [0.15, 0.2) is 6.33 Å². The van der Waals surface area contributed by atoms with Gasteiger partial charge in [-0.05, 0) is 26.2 Å². The first-order valence-corrected chi connectivity index (χ1v) is 6.02. The summed E-state index contributed by atoms with van der Waals surface area (Å²) in [6, 6.07) is -0.130. The third-order valence-corrected chi connectivity index (χ3v) is 2.94. The van der Waals surface area contributed by atoms with E-state index >= 15 is 0 Å². The third-order valence-electron chi connectivity index (χ3n) is 2.94. The first-order valence-electron chi connectivity index (χ1n) is 6.02. The van der Waals surface area contributed by atoms with Crippen LogP contribution in [0.5, 0.6) is 0 Å². The molecule has 2 N–H and O–H groups in total. The van der Waals surface area contributed by atoms with Gasteiger partial charge >= 0.3 is 0 Å². The maximum Gasteiger partial charge on any atom is 0.220 e. The molecule has 6 nitrogen and oxygen atoms in total. The maximum atomic E-state index is 11.7. The molecule has 1 fully saturated rings. The van der Waals surface area contributed by atoms with Crippen molar-refractivity contribution in [1.29, 1.82) is 0 Å². The smallest absolute Gasteiger partial charge is 0.220 e. The summed E-state index contributed by atoms with van der Waals surface area (Å²) in [6.45, 7) is 2.71. The normalized spacial score (nSPS) is 21.4. The van der Waals surface area contributed by atoms with E-state index in [4.69, 9.17) is 4.74 Å². The number of aromatic nitrogens is 3. The number of hydrogen-bond acceptors (Lipinski definition) is 4. The summed E-state index contributed by atoms with van der Waals surface area (Å²) >= 11 is 0. The van der Waals surface area contributed by atoms with Gasteiger partial charge in [0, 0.05) is 13.0 Å². The van der Waals surface area contributed by atoms with Gasteiger partial charge in [-0.15, -0.1) is 0 Å². The van der Waals surface area contributed by atoms with Gasteiger partial charge in [0.1, 0.15) is 12.2 Å². The van der Waals surface area contributed by atoms with Crippen molar-refractivity contribution in [3.63, 3.8) is 0 Å². The molecule has 2 atom stereocenters. The number of H-pyrrole nitrogens is 1. The van der Waals surface area contributed by atoms with E-state index in [1.165, 1.54) is 6.33 Å². The van der Waals surface area contributed by atoms with Crippen LogP contribution in [0.3, 0.4) is 0 Å². The van der Waals surface area contributed by atoms with Crippen molar-refractivity contribution in [2.24, 2.45) is 0 Å². The van der Waals surface area contributed by atoms with E-state index in [0.29, 0.717) is 12.2 Å². The minimum Gasteiger partial charge on any atom is -0.378 e. The van der Waals surface area contributed by atoms with Gasteiger partial charge in [0.2, 0.25) is 5.91 Å². The summed E-state index contributed by atoms with van der Waals surface area (Å²) in [5.74, 6) is 0.708. The van der Waals surface area contributed by atoms with Crippen LogP contribution in [0.2, 0.25) is 0 Å². The number of ether oxygens (including phenoxy) is 1. The molecule has 2 rings (SSSR count). The Morgan fingerprint density at radius 1 is 1.76 bits per heavy atom. The van der Waals surface area contributed by atoms with Crippen molar-refractivity contribution in [1.82, 2.24) is 20.5 Å². The number of nitrogens with one attached hydrogen (secondary N) is 2. The molecule has 17 heavy (non-hydrogen) atoms. The molecule has 0 aromatic carbocycles. The molecule has 1 aliphatic heterocycles. The zero-order valence-corrected chi connectivity index (χ0v) is 9.98. The van der Waals surface area contributed by atoms with E-state index in [-0.39, 0.29) is 18.1 Å². The number of amides is 1. The fourth-order valence-corrected chi connectivity index (χ4v) is 1.97. The molecule has 0 radical (unpaired) electrons. The lowest BCUT2D eigenvalue weighted by Gasteiger charge is -2.12. The monoisotopic (exact) mass is 238 g/mol. The van der Waals surface area contributed by atoms with Gasteiger partial charge in [0.15, 0.2) is 0 Å². The molecule has 1 amide bonds. The van der Waals surface area contributed by atoms with Crippen molar-refractivity contribution < 1.29 is 9.53 Å². The van der Waals surface area contributed by atoms with Crippen molar-refractivity contribution in [3.8, 4) is 0 Å². The summed E-state index contributed by atoms with van der Waals surface area (Å²) < 4.78 is 5.47. The van der Waals surface area contributed by atoms with Crippen LogP contribution in [0.1, 0.15) is 44.5 Å². The predicted octanol–water partition coefficient (Wildman–Crippen LogP) is 0.941. The molecule has 0 spiro atoms.